The zero-order chi connectivity index (χ0) is 15.7. The average Bonchev–Trinajstić information content (AvgIpc) is 2.88. The smallest absolute Gasteiger partial charge is 0.264 e. The van der Waals surface area contributed by atoms with Crippen molar-refractivity contribution in [3.63, 3.8) is 0 Å². The van der Waals surface area contributed by atoms with Crippen LogP contribution in [-0.4, -0.2) is 24.9 Å². The van der Waals surface area contributed by atoms with Gasteiger partial charge in [0.1, 0.15) is 5.82 Å². The van der Waals surface area contributed by atoms with Gasteiger partial charge in [-0.25, -0.2) is 13.4 Å². The zero-order valence-corrected chi connectivity index (χ0v) is 13.3. The van der Waals surface area contributed by atoms with E-state index in [0.29, 0.717) is 12.2 Å². The minimum Gasteiger partial charge on any atom is -0.342 e. The van der Waals surface area contributed by atoms with Crippen LogP contribution in [0.3, 0.4) is 0 Å². The molecule has 2 aromatic carbocycles. The molecule has 22 heavy (non-hydrogen) atoms. The standard InChI is InChI=1S/C16H17N3O2S/c1-3-19(13-7-5-4-6-8-13)22(20,21)14-9-10-15-16(11-14)18-12(2)17-15/h4-11H,3H2,1-2H3,(H,17,18). The summed E-state index contributed by atoms with van der Waals surface area (Å²) >= 11 is 0. The summed E-state index contributed by atoms with van der Waals surface area (Å²) in [5, 5.41) is 0. The number of aryl methyl sites for hydroxylation is 1. The summed E-state index contributed by atoms with van der Waals surface area (Å²) in [4.78, 5) is 7.63. The molecule has 5 nitrogen and oxygen atoms in total. The molecule has 0 fully saturated rings. The topological polar surface area (TPSA) is 66.1 Å². The number of hydrogen-bond donors (Lipinski definition) is 1. The molecule has 1 aromatic heterocycles. The Morgan fingerprint density at radius 2 is 1.86 bits per heavy atom. The Morgan fingerprint density at radius 1 is 1.14 bits per heavy atom. The van der Waals surface area contributed by atoms with E-state index in [1.54, 1.807) is 30.3 Å². The highest BCUT2D eigenvalue weighted by molar-refractivity contribution is 7.92. The second-order valence-corrected chi connectivity index (χ2v) is 6.87. The molecule has 0 aliphatic carbocycles. The number of H-pyrrole nitrogens is 1. The number of anilines is 1. The van der Waals surface area contributed by atoms with Crippen molar-refractivity contribution in [3.8, 4) is 0 Å². The van der Waals surface area contributed by atoms with E-state index in [9.17, 15) is 8.42 Å². The molecule has 0 aliphatic heterocycles. The molecule has 0 radical (unpaired) electrons. The summed E-state index contributed by atoms with van der Waals surface area (Å²) in [6.07, 6.45) is 0. The summed E-state index contributed by atoms with van der Waals surface area (Å²) in [7, 11) is -3.60. The normalized spacial score (nSPS) is 11.7. The van der Waals surface area contributed by atoms with Crippen LogP contribution in [0.1, 0.15) is 12.7 Å². The van der Waals surface area contributed by atoms with E-state index >= 15 is 0 Å². The Hall–Kier alpha value is -2.34. The van der Waals surface area contributed by atoms with Gasteiger partial charge in [0.05, 0.1) is 21.6 Å². The second kappa shape index (κ2) is 5.46. The molecule has 6 heteroatoms. The molecule has 0 aliphatic rings. The first-order valence-electron chi connectivity index (χ1n) is 7.06. The highest BCUT2D eigenvalue weighted by atomic mass is 32.2. The second-order valence-electron chi connectivity index (χ2n) is 5.01. The number of sulfonamides is 1. The molecule has 1 N–H and O–H groups in total. The SMILES string of the molecule is CCN(c1ccccc1)S(=O)(=O)c1ccc2nc(C)[nH]c2c1. The first-order valence-corrected chi connectivity index (χ1v) is 8.50. The monoisotopic (exact) mass is 315 g/mol. The van der Waals surface area contributed by atoms with Crippen LogP contribution in [0.5, 0.6) is 0 Å². The minimum absolute atomic E-state index is 0.259. The van der Waals surface area contributed by atoms with Gasteiger partial charge >= 0.3 is 0 Å². The summed E-state index contributed by atoms with van der Waals surface area (Å²) in [5.41, 5.74) is 2.15. The minimum atomic E-state index is -3.60. The van der Waals surface area contributed by atoms with Crippen molar-refractivity contribution >= 4 is 26.7 Å². The molecule has 0 saturated carbocycles. The van der Waals surface area contributed by atoms with Crippen molar-refractivity contribution < 1.29 is 8.42 Å². The van der Waals surface area contributed by atoms with Gasteiger partial charge in [-0.2, -0.15) is 0 Å². The van der Waals surface area contributed by atoms with Gasteiger partial charge in [0.2, 0.25) is 0 Å². The lowest BCUT2D eigenvalue weighted by Crippen LogP contribution is -2.30. The first-order chi connectivity index (χ1) is 10.5. The summed E-state index contributed by atoms with van der Waals surface area (Å²) < 4.78 is 27.2. The fraction of sp³-hybridized carbons (Fsp3) is 0.188. The Bertz CT molecular complexity index is 902. The summed E-state index contributed by atoms with van der Waals surface area (Å²) in [6, 6.07) is 14.1. The average molecular weight is 315 g/mol. The number of hydrogen-bond acceptors (Lipinski definition) is 3. The number of fused-ring (bicyclic) bond motifs is 1. The highest BCUT2D eigenvalue weighted by Crippen LogP contribution is 2.25. The Kier molecular flexibility index (Phi) is 3.62. The molecular weight excluding hydrogens is 298 g/mol. The third-order valence-electron chi connectivity index (χ3n) is 3.49. The van der Waals surface area contributed by atoms with Crippen molar-refractivity contribution in [2.45, 2.75) is 18.7 Å². The summed E-state index contributed by atoms with van der Waals surface area (Å²) in [5.74, 6) is 0.764. The molecule has 0 spiro atoms. The third-order valence-corrected chi connectivity index (χ3v) is 5.39. The largest absolute Gasteiger partial charge is 0.342 e. The van der Waals surface area contributed by atoms with E-state index in [4.69, 9.17) is 0 Å². The number of imidazole rings is 1. The number of benzene rings is 2. The van der Waals surface area contributed by atoms with Crippen LogP contribution in [0.25, 0.3) is 11.0 Å². The third kappa shape index (κ3) is 2.46. The van der Waals surface area contributed by atoms with Gasteiger partial charge in [0.25, 0.3) is 10.0 Å². The molecule has 0 unspecified atom stereocenters. The van der Waals surface area contributed by atoms with Crippen LogP contribution in [0.15, 0.2) is 53.4 Å². The Morgan fingerprint density at radius 3 is 2.55 bits per heavy atom. The van der Waals surface area contributed by atoms with E-state index < -0.39 is 10.0 Å². The lowest BCUT2D eigenvalue weighted by Gasteiger charge is -2.22. The van der Waals surface area contributed by atoms with Gasteiger partial charge in [-0.15, -0.1) is 0 Å². The van der Waals surface area contributed by atoms with Crippen LogP contribution in [-0.2, 0) is 10.0 Å². The van der Waals surface area contributed by atoms with Gasteiger partial charge in [-0.1, -0.05) is 18.2 Å². The van der Waals surface area contributed by atoms with Crippen molar-refractivity contribution in [2.24, 2.45) is 0 Å². The van der Waals surface area contributed by atoms with E-state index in [1.807, 2.05) is 32.0 Å². The van der Waals surface area contributed by atoms with E-state index in [-0.39, 0.29) is 4.90 Å². The predicted molar refractivity (Wildman–Crippen MR) is 87.5 cm³/mol. The van der Waals surface area contributed by atoms with Gasteiger partial charge in [-0.3, -0.25) is 4.31 Å². The van der Waals surface area contributed by atoms with Crippen LogP contribution >= 0.6 is 0 Å². The van der Waals surface area contributed by atoms with Gasteiger partial charge in [0.15, 0.2) is 0 Å². The van der Waals surface area contributed by atoms with E-state index in [1.165, 1.54) is 4.31 Å². The predicted octanol–water partition coefficient (Wildman–Crippen LogP) is 3.09. The maximum absolute atomic E-state index is 12.9. The molecule has 3 aromatic rings. The molecule has 0 saturated heterocycles. The molecule has 0 amide bonds. The van der Waals surface area contributed by atoms with Crippen LogP contribution in [0.2, 0.25) is 0 Å². The zero-order valence-electron chi connectivity index (χ0n) is 12.4. The van der Waals surface area contributed by atoms with Crippen LogP contribution in [0, 0.1) is 6.92 Å². The Balaban J connectivity index is 2.09. The van der Waals surface area contributed by atoms with Gasteiger partial charge in [0, 0.05) is 6.54 Å². The van der Waals surface area contributed by atoms with E-state index in [0.717, 1.165) is 16.9 Å². The molecular formula is C16H17N3O2S. The summed E-state index contributed by atoms with van der Waals surface area (Å²) in [6.45, 7) is 4.03. The van der Waals surface area contributed by atoms with Crippen molar-refractivity contribution in [1.82, 2.24) is 9.97 Å². The molecule has 0 atom stereocenters. The highest BCUT2D eigenvalue weighted by Gasteiger charge is 2.24. The fourth-order valence-corrected chi connectivity index (χ4v) is 3.99. The van der Waals surface area contributed by atoms with Crippen LogP contribution in [0.4, 0.5) is 5.69 Å². The number of rotatable bonds is 4. The molecule has 1 heterocycles. The number of aromatic nitrogens is 2. The number of aromatic amines is 1. The number of nitrogens with one attached hydrogen (secondary N) is 1. The fourth-order valence-electron chi connectivity index (χ4n) is 2.49. The van der Waals surface area contributed by atoms with Crippen molar-refractivity contribution in [1.29, 1.82) is 0 Å². The quantitative estimate of drug-likeness (QED) is 0.804. The lowest BCUT2D eigenvalue weighted by atomic mass is 10.3. The van der Waals surface area contributed by atoms with Gasteiger partial charge < -0.3 is 4.98 Å². The van der Waals surface area contributed by atoms with Crippen LogP contribution < -0.4 is 4.31 Å². The van der Waals surface area contributed by atoms with Crippen molar-refractivity contribution in [2.75, 3.05) is 10.8 Å². The number of para-hydroxylation sites is 1. The lowest BCUT2D eigenvalue weighted by molar-refractivity contribution is 0.592. The Labute approximate surface area is 129 Å². The maximum atomic E-state index is 12.9. The van der Waals surface area contributed by atoms with Crippen molar-refractivity contribution in [3.05, 3.63) is 54.4 Å². The number of nitrogens with zero attached hydrogens (tertiary/aromatic N) is 2. The first kappa shape index (κ1) is 14.6. The molecule has 114 valence electrons. The maximum Gasteiger partial charge on any atom is 0.264 e. The molecule has 0 bridgehead atoms. The van der Waals surface area contributed by atoms with E-state index in [2.05, 4.69) is 9.97 Å². The van der Waals surface area contributed by atoms with Gasteiger partial charge in [-0.05, 0) is 44.2 Å². The molecule has 3 rings (SSSR count).